The number of nitrogens with zero attached hydrogens (tertiary/aromatic N) is 6. The second kappa shape index (κ2) is 18.3. The summed E-state index contributed by atoms with van der Waals surface area (Å²) in [6.45, 7) is 6.43. The van der Waals surface area contributed by atoms with Crippen LogP contribution in [0, 0.1) is 0 Å². The Labute approximate surface area is 209 Å². The summed E-state index contributed by atoms with van der Waals surface area (Å²) in [5, 5.41) is 2.99. The summed E-state index contributed by atoms with van der Waals surface area (Å²) in [5.41, 5.74) is 9.61. The molecule has 8 heteroatoms. The molecule has 8 nitrogen and oxygen atoms in total. The van der Waals surface area contributed by atoms with E-state index in [1.807, 2.05) is 74.8 Å². The molecular formula is C27H38N8. The van der Waals surface area contributed by atoms with Crippen LogP contribution in [-0.4, -0.2) is 54.2 Å². The molecule has 0 fully saturated rings. The van der Waals surface area contributed by atoms with Crippen LogP contribution in [0.3, 0.4) is 0 Å². The van der Waals surface area contributed by atoms with Gasteiger partial charge in [0.05, 0.1) is 0 Å². The van der Waals surface area contributed by atoms with Crippen LogP contribution in [0.4, 0.5) is 22.7 Å². The van der Waals surface area contributed by atoms with Gasteiger partial charge in [0, 0.05) is 107 Å². The van der Waals surface area contributed by atoms with E-state index in [2.05, 4.69) is 44.0 Å². The van der Waals surface area contributed by atoms with E-state index in [1.54, 1.807) is 49.3 Å². The molecule has 0 aliphatic rings. The van der Waals surface area contributed by atoms with Gasteiger partial charge in [-0.05, 0) is 62.4 Å². The Hall–Kier alpha value is -4.20. The minimum absolute atomic E-state index is 0.759. The summed E-state index contributed by atoms with van der Waals surface area (Å²) in [6.07, 6.45) is 14.1. The number of anilines is 4. The van der Waals surface area contributed by atoms with E-state index >= 15 is 0 Å². The minimum Gasteiger partial charge on any atom is -0.399 e. The zero-order valence-electron chi connectivity index (χ0n) is 21.4. The van der Waals surface area contributed by atoms with E-state index in [-0.39, 0.29) is 0 Å². The molecule has 0 aliphatic carbocycles. The van der Waals surface area contributed by atoms with Gasteiger partial charge in [0.2, 0.25) is 0 Å². The number of hydrogen-bond acceptors (Lipinski definition) is 8. The van der Waals surface area contributed by atoms with Crippen molar-refractivity contribution in [2.45, 2.75) is 13.8 Å². The number of nitrogen functional groups attached to an aromatic ring is 1. The molecule has 4 rings (SSSR count). The van der Waals surface area contributed by atoms with Crippen LogP contribution in [0.1, 0.15) is 13.8 Å². The quantitative estimate of drug-likeness (QED) is 0.423. The Bertz CT molecular complexity index is 981. The van der Waals surface area contributed by atoms with Crippen molar-refractivity contribution in [2.24, 2.45) is 0 Å². The number of nitrogens with two attached hydrogens (primary N) is 1. The molecule has 186 valence electrons. The zero-order chi connectivity index (χ0) is 25.7. The van der Waals surface area contributed by atoms with Gasteiger partial charge in [-0.3, -0.25) is 19.9 Å². The Balaban J connectivity index is 0.000000236. The van der Waals surface area contributed by atoms with Gasteiger partial charge >= 0.3 is 0 Å². The zero-order valence-corrected chi connectivity index (χ0v) is 21.4. The summed E-state index contributed by atoms with van der Waals surface area (Å²) >= 11 is 0. The van der Waals surface area contributed by atoms with Crippen LogP contribution in [0.2, 0.25) is 0 Å². The highest BCUT2D eigenvalue weighted by Gasteiger charge is 1.98. The number of pyridine rings is 4. The van der Waals surface area contributed by atoms with Gasteiger partial charge in [-0.2, -0.15) is 0 Å². The van der Waals surface area contributed by atoms with E-state index in [0.717, 1.165) is 24.5 Å². The van der Waals surface area contributed by atoms with Crippen LogP contribution in [0.5, 0.6) is 0 Å². The molecule has 4 heterocycles. The molecule has 0 saturated carbocycles. The SMILES string of the molecule is CCN(CC)c1ccncc1.CN(C)c1ccncc1.CNc1ccncc1.Nc1ccncc1. The van der Waals surface area contributed by atoms with Gasteiger partial charge in [0.1, 0.15) is 0 Å². The maximum Gasteiger partial charge on any atom is 0.0396 e. The number of nitrogens with one attached hydrogen (secondary N) is 1. The van der Waals surface area contributed by atoms with Crippen molar-refractivity contribution >= 4 is 22.7 Å². The highest BCUT2D eigenvalue weighted by atomic mass is 15.1. The third kappa shape index (κ3) is 13.2. The summed E-state index contributed by atoms with van der Waals surface area (Å²) in [5.74, 6) is 0. The molecule has 0 saturated heterocycles. The molecule has 4 aromatic rings. The largest absolute Gasteiger partial charge is 0.399 e. The smallest absolute Gasteiger partial charge is 0.0396 e. The van der Waals surface area contributed by atoms with E-state index in [0.29, 0.717) is 0 Å². The first-order chi connectivity index (χ1) is 17.0. The second-order valence-corrected chi connectivity index (χ2v) is 7.24. The molecule has 35 heavy (non-hydrogen) atoms. The maximum atomic E-state index is 5.32. The van der Waals surface area contributed by atoms with Gasteiger partial charge in [-0.25, -0.2) is 0 Å². The minimum atomic E-state index is 0.759. The standard InChI is InChI=1S/C9H14N2.C7H10N2.C6H8N2.C5H6N2/c1-3-11(4-2)9-5-7-10-8-6-9;1-9(2)7-3-5-8-6-4-7;1-7-6-2-4-8-5-3-6;6-5-1-3-7-4-2-5/h5-8H,3-4H2,1-2H3;3-6H,1-2H3;2-5H,1H3,(H,7,8);1-4H,(H2,6,7). The van der Waals surface area contributed by atoms with Gasteiger partial charge in [-0.15, -0.1) is 0 Å². The van der Waals surface area contributed by atoms with Gasteiger partial charge < -0.3 is 20.9 Å². The molecule has 0 aromatic carbocycles. The van der Waals surface area contributed by atoms with Crippen molar-refractivity contribution in [3.05, 3.63) is 98.1 Å². The lowest BCUT2D eigenvalue weighted by Gasteiger charge is -2.20. The Morgan fingerprint density at radius 2 is 1.00 bits per heavy atom. The van der Waals surface area contributed by atoms with Gasteiger partial charge in [-0.1, -0.05) is 0 Å². The molecule has 3 N–H and O–H groups in total. The van der Waals surface area contributed by atoms with E-state index in [4.69, 9.17) is 5.73 Å². The lowest BCUT2D eigenvalue weighted by atomic mass is 10.3. The molecule has 0 bridgehead atoms. The van der Waals surface area contributed by atoms with Gasteiger partial charge in [0.25, 0.3) is 0 Å². The molecule has 0 aliphatic heterocycles. The van der Waals surface area contributed by atoms with Crippen LogP contribution in [-0.2, 0) is 0 Å². The monoisotopic (exact) mass is 474 g/mol. The lowest BCUT2D eigenvalue weighted by Crippen LogP contribution is -2.21. The van der Waals surface area contributed by atoms with Crippen molar-refractivity contribution in [1.29, 1.82) is 0 Å². The van der Waals surface area contributed by atoms with Crippen LogP contribution < -0.4 is 20.9 Å². The first-order valence-electron chi connectivity index (χ1n) is 11.5. The molecule has 4 aromatic heterocycles. The van der Waals surface area contributed by atoms with Crippen molar-refractivity contribution < 1.29 is 0 Å². The van der Waals surface area contributed by atoms with Gasteiger partial charge in [0.15, 0.2) is 0 Å². The first-order valence-corrected chi connectivity index (χ1v) is 11.5. The van der Waals surface area contributed by atoms with Crippen LogP contribution in [0.25, 0.3) is 0 Å². The van der Waals surface area contributed by atoms with Crippen molar-refractivity contribution in [3.8, 4) is 0 Å². The summed E-state index contributed by atoms with van der Waals surface area (Å²) in [7, 11) is 5.90. The third-order valence-electron chi connectivity index (χ3n) is 4.65. The predicted molar refractivity (Wildman–Crippen MR) is 149 cm³/mol. The average molecular weight is 475 g/mol. The molecular weight excluding hydrogens is 436 g/mol. The van der Waals surface area contributed by atoms with Crippen LogP contribution >= 0.6 is 0 Å². The maximum absolute atomic E-state index is 5.32. The lowest BCUT2D eigenvalue weighted by molar-refractivity contribution is 0.865. The number of hydrogen-bond donors (Lipinski definition) is 2. The first kappa shape index (κ1) is 28.8. The summed E-state index contributed by atoms with van der Waals surface area (Å²) in [6, 6.07) is 15.3. The molecule has 0 amide bonds. The number of rotatable bonds is 5. The molecule has 0 unspecified atom stereocenters. The van der Waals surface area contributed by atoms with E-state index in [9.17, 15) is 0 Å². The van der Waals surface area contributed by atoms with Crippen LogP contribution in [0.15, 0.2) is 98.1 Å². The van der Waals surface area contributed by atoms with Crippen molar-refractivity contribution in [1.82, 2.24) is 19.9 Å². The number of aromatic nitrogens is 4. The Kier molecular flexibility index (Phi) is 15.0. The molecule has 0 spiro atoms. The topological polar surface area (TPSA) is 96.1 Å². The highest BCUT2D eigenvalue weighted by Crippen LogP contribution is 2.10. The van der Waals surface area contributed by atoms with E-state index in [1.165, 1.54) is 11.4 Å². The summed E-state index contributed by atoms with van der Waals surface area (Å²) < 4.78 is 0. The normalized spacial score (nSPS) is 9.06. The van der Waals surface area contributed by atoms with E-state index < -0.39 is 0 Å². The fraction of sp³-hybridized carbons (Fsp3) is 0.259. The average Bonchev–Trinajstić information content (AvgIpc) is 2.92. The van der Waals surface area contributed by atoms with Crippen molar-refractivity contribution in [2.75, 3.05) is 55.1 Å². The second-order valence-electron chi connectivity index (χ2n) is 7.24. The third-order valence-corrected chi connectivity index (χ3v) is 4.65. The Morgan fingerprint density at radius 3 is 1.26 bits per heavy atom. The highest BCUT2D eigenvalue weighted by molar-refractivity contribution is 5.44. The molecule has 0 radical (unpaired) electrons. The summed E-state index contributed by atoms with van der Waals surface area (Å²) in [4.78, 5) is 19.8. The predicted octanol–water partition coefficient (Wildman–Crippen LogP) is 4.86. The Morgan fingerprint density at radius 1 is 0.629 bits per heavy atom. The molecule has 0 atom stereocenters. The fourth-order valence-corrected chi connectivity index (χ4v) is 2.67. The van der Waals surface area contributed by atoms with Crippen molar-refractivity contribution in [3.63, 3.8) is 0 Å². The fourth-order valence-electron chi connectivity index (χ4n) is 2.67.